The van der Waals surface area contributed by atoms with Crippen molar-refractivity contribution in [3.8, 4) is 0 Å². The lowest BCUT2D eigenvalue weighted by molar-refractivity contribution is -0.141. The molecule has 0 saturated heterocycles. The van der Waals surface area contributed by atoms with E-state index in [-0.39, 0.29) is 6.61 Å². The molecule has 204 valence electrons. The average Bonchev–Trinajstić information content (AvgIpc) is 3.21. The van der Waals surface area contributed by atoms with E-state index in [4.69, 9.17) is 15.3 Å². The smallest absolute Gasteiger partial charge is 0.331 e. The molecule has 0 fully saturated rings. The quantitative estimate of drug-likeness (QED) is 0.0407. The van der Waals surface area contributed by atoms with Crippen LogP contribution in [-0.4, -0.2) is 28.8 Å². The van der Waals surface area contributed by atoms with Gasteiger partial charge in [0.15, 0.2) is 0 Å². The number of oxime groups is 1. The Kier molecular flexibility index (Phi) is 11.4. The van der Waals surface area contributed by atoms with E-state index < -0.39 is 11.9 Å². The highest BCUT2D eigenvalue weighted by Crippen LogP contribution is 2.32. The van der Waals surface area contributed by atoms with Gasteiger partial charge in [-0.05, 0) is 43.2 Å². The van der Waals surface area contributed by atoms with Gasteiger partial charge in [0.25, 0.3) is 0 Å². The highest BCUT2D eigenvalue weighted by Gasteiger charge is 2.15. The number of nitrogens with zero attached hydrogens (tertiary/aromatic N) is 2. The Morgan fingerprint density at radius 1 is 0.947 bits per heavy atom. The number of nitrogens with two attached hydrogens (primary N) is 1. The van der Waals surface area contributed by atoms with Crippen molar-refractivity contribution in [2.24, 2.45) is 5.16 Å². The topological polar surface area (TPSA) is 95.9 Å². The van der Waals surface area contributed by atoms with E-state index in [1.54, 1.807) is 0 Å². The molecule has 0 radical (unpaired) electrons. The Balaban J connectivity index is 1.79. The van der Waals surface area contributed by atoms with E-state index in [2.05, 4.69) is 29.3 Å². The van der Waals surface area contributed by atoms with Crippen LogP contribution in [0.4, 0.5) is 5.69 Å². The molecular weight excluding hydrogens is 478 g/mol. The number of carbonyl (C=O) groups excluding carboxylic acids is 2. The van der Waals surface area contributed by atoms with Crippen LogP contribution in [0.25, 0.3) is 21.8 Å². The first kappa shape index (κ1) is 29.0. The van der Waals surface area contributed by atoms with Crippen LogP contribution in [0.15, 0.2) is 54.2 Å². The normalized spacial score (nSPS) is 11.7. The van der Waals surface area contributed by atoms with Crippen molar-refractivity contribution < 1.29 is 19.2 Å². The standard InChI is InChI=1S/C31H41N3O4/c1-4-6-7-8-9-10-11-12-13-14-28(33-38-23(3)35)24-15-17-29-26(21-24)27-22-25(32)16-18-30(27)34(29)19-20-37-31(36)5-2/h5,15-18,21-22H,2,4,6-14,19-20,32H2,1,3H3/b33-28+. The summed E-state index contributed by atoms with van der Waals surface area (Å²) >= 11 is 0. The maximum atomic E-state index is 11.5. The van der Waals surface area contributed by atoms with Crippen molar-refractivity contribution in [1.29, 1.82) is 0 Å². The average molecular weight is 520 g/mol. The summed E-state index contributed by atoms with van der Waals surface area (Å²) in [6, 6.07) is 11.9. The van der Waals surface area contributed by atoms with Crippen LogP contribution in [0.1, 0.15) is 83.6 Å². The predicted octanol–water partition coefficient (Wildman–Crippen LogP) is 7.29. The molecule has 7 nitrogen and oxygen atoms in total. The number of anilines is 1. The van der Waals surface area contributed by atoms with E-state index in [1.165, 1.54) is 51.9 Å². The summed E-state index contributed by atoms with van der Waals surface area (Å²) in [7, 11) is 0. The summed E-state index contributed by atoms with van der Waals surface area (Å²) < 4.78 is 7.35. The molecule has 2 N–H and O–H groups in total. The van der Waals surface area contributed by atoms with Gasteiger partial charge >= 0.3 is 11.9 Å². The van der Waals surface area contributed by atoms with Gasteiger partial charge in [-0.1, -0.05) is 76.1 Å². The van der Waals surface area contributed by atoms with Crippen molar-refractivity contribution in [3.05, 3.63) is 54.6 Å². The van der Waals surface area contributed by atoms with Crippen LogP contribution in [0, 0.1) is 0 Å². The number of hydrogen-bond acceptors (Lipinski definition) is 6. The molecule has 0 saturated carbocycles. The first-order valence-electron chi connectivity index (χ1n) is 13.8. The van der Waals surface area contributed by atoms with E-state index in [9.17, 15) is 9.59 Å². The fourth-order valence-corrected chi connectivity index (χ4v) is 4.80. The molecule has 2 aromatic carbocycles. The van der Waals surface area contributed by atoms with Gasteiger partial charge in [0.05, 0.1) is 12.3 Å². The number of carbonyl (C=O) groups is 2. The first-order valence-corrected chi connectivity index (χ1v) is 13.8. The van der Waals surface area contributed by atoms with E-state index in [1.807, 2.05) is 30.3 Å². The number of hydrogen-bond donors (Lipinski definition) is 1. The van der Waals surface area contributed by atoms with Gasteiger partial charge < -0.3 is 19.9 Å². The van der Waals surface area contributed by atoms with Crippen molar-refractivity contribution >= 4 is 45.1 Å². The zero-order valence-electron chi connectivity index (χ0n) is 22.8. The molecule has 1 heterocycles. The minimum atomic E-state index is -0.444. The molecule has 0 amide bonds. The van der Waals surface area contributed by atoms with Crippen LogP contribution >= 0.6 is 0 Å². The van der Waals surface area contributed by atoms with Crippen LogP contribution in [0.3, 0.4) is 0 Å². The second-order valence-corrected chi connectivity index (χ2v) is 9.73. The number of nitrogen functional groups attached to an aromatic ring is 1. The number of unbranched alkanes of at least 4 members (excludes halogenated alkanes) is 8. The number of ether oxygens (including phenoxy) is 1. The molecule has 0 atom stereocenters. The summed E-state index contributed by atoms with van der Waals surface area (Å²) in [6.07, 6.45) is 13.0. The fraction of sp³-hybridized carbons (Fsp3) is 0.452. The largest absolute Gasteiger partial charge is 0.461 e. The van der Waals surface area contributed by atoms with Crippen LogP contribution in [0.2, 0.25) is 0 Å². The summed E-state index contributed by atoms with van der Waals surface area (Å²) in [6.45, 7) is 7.77. The summed E-state index contributed by atoms with van der Waals surface area (Å²) in [5.74, 6) is -0.880. The Labute approximate surface area is 225 Å². The lowest BCUT2D eigenvalue weighted by Crippen LogP contribution is -2.09. The van der Waals surface area contributed by atoms with Gasteiger partial charge in [-0.2, -0.15) is 0 Å². The lowest BCUT2D eigenvalue weighted by atomic mass is 10.0. The number of fused-ring (bicyclic) bond motifs is 3. The molecule has 3 rings (SSSR count). The SMILES string of the molecule is C=CC(=O)OCCn1c2ccc(N)cc2c2cc(/C(CCCCCCCCCCC)=N/OC(C)=O)ccc21. The van der Waals surface area contributed by atoms with Gasteiger partial charge in [-0.25, -0.2) is 9.59 Å². The van der Waals surface area contributed by atoms with Gasteiger partial charge in [-0.3, -0.25) is 0 Å². The molecular formula is C31H41N3O4. The number of esters is 1. The second-order valence-electron chi connectivity index (χ2n) is 9.73. The Bertz CT molecular complexity index is 1280. The molecule has 0 spiro atoms. The molecule has 38 heavy (non-hydrogen) atoms. The highest BCUT2D eigenvalue weighted by molar-refractivity contribution is 6.12. The Morgan fingerprint density at radius 3 is 2.24 bits per heavy atom. The summed E-state index contributed by atoms with van der Waals surface area (Å²) in [5.41, 5.74) is 10.5. The van der Waals surface area contributed by atoms with E-state index in [0.717, 1.165) is 58.4 Å². The molecule has 7 heteroatoms. The van der Waals surface area contributed by atoms with Crippen molar-refractivity contribution in [1.82, 2.24) is 4.57 Å². The van der Waals surface area contributed by atoms with Gasteiger partial charge in [0, 0.05) is 46.1 Å². The van der Waals surface area contributed by atoms with Crippen molar-refractivity contribution in [2.75, 3.05) is 12.3 Å². The molecule has 0 bridgehead atoms. The molecule has 0 aliphatic rings. The van der Waals surface area contributed by atoms with Crippen molar-refractivity contribution in [3.63, 3.8) is 0 Å². The minimum Gasteiger partial charge on any atom is -0.461 e. The van der Waals surface area contributed by atoms with Gasteiger partial charge in [0.2, 0.25) is 0 Å². The molecule has 0 unspecified atom stereocenters. The molecule has 0 aliphatic carbocycles. The van der Waals surface area contributed by atoms with Gasteiger partial charge in [0.1, 0.15) is 6.61 Å². The van der Waals surface area contributed by atoms with Crippen molar-refractivity contribution in [2.45, 2.75) is 84.6 Å². The maximum absolute atomic E-state index is 11.5. The molecule has 0 aliphatic heterocycles. The highest BCUT2D eigenvalue weighted by atomic mass is 16.7. The molecule has 3 aromatic rings. The number of rotatable bonds is 16. The van der Waals surface area contributed by atoms with Gasteiger partial charge in [-0.15, -0.1) is 0 Å². The summed E-state index contributed by atoms with van der Waals surface area (Å²) in [5, 5.41) is 6.24. The van der Waals surface area contributed by atoms with Crippen LogP contribution in [-0.2, 0) is 25.7 Å². The van der Waals surface area contributed by atoms with E-state index in [0.29, 0.717) is 12.2 Å². The maximum Gasteiger partial charge on any atom is 0.331 e. The first-order chi connectivity index (χ1) is 18.4. The fourth-order valence-electron chi connectivity index (χ4n) is 4.80. The van der Waals surface area contributed by atoms with E-state index >= 15 is 0 Å². The third-order valence-corrected chi connectivity index (χ3v) is 6.75. The number of aromatic nitrogens is 1. The number of benzene rings is 2. The lowest BCUT2D eigenvalue weighted by Gasteiger charge is -2.09. The predicted molar refractivity (Wildman–Crippen MR) is 155 cm³/mol. The zero-order valence-corrected chi connectivity index (χ0v) is 22.8. The zero-order chi connectivity index (χ0) is 27.3. The Morgan fingerprint density at radius 2 is 1.58 bits per heavy atom. The summed E-state index contributed by atoms with van der Waals surface area (Å²) in [4.78, 5) is 28.1. The van der Waals surface area contributed by atoms with Crippen LogP contribution in [0.5, 0.6) is 0 Å². The monoisotopic (exact) mass is 519 g/mol. The second kappa shape index (κ2) is 15.0. The minimum absolute atomic E-state index is 0.230. The Hall–Kier alpha value is -3.61. The van der Waals surface area contributed by atoms with Crippen LogP contribution < -0.4 is 5.73 Å². The molecule has 1 aromatic heterocycles. The third kappa shape index (κ3) is 8.20. The third-order valence-electron chi connectivity index (χ3n) is 6.75.